The molecule has 0 radical (unpaired) electrons. The molecule has 4 rings (SSSR count). The van der Waals surface area contributed by atoms with Crippen molar-refractivity contribution >= 4 is 28.5 Å². The summed E-state index contributed by atoms with van der Waals surface area (Å²) in [6, 6.07) is 9.81. The molecule has 1 spiro atoms. The number of hydrogen-bond donors (Lipinski definition) is 1. The summed E-state index contributed by atoms with van der Waals surface area (Å²) >= 11 is 1.80. The normalized spacial score (nSPS) is 31.7. The Morgan fingerprint density at radius 1 is 1.50 bits per heavy atom. The van der Waals surface area contributed by atoms with E-state index in [1.54, 1.807) is 24.9 Å². The van der Waals surface area contributed by atoms with Crippen LogP contribution in [0.1, 0.15) is 30.4 Å². The van der Waals surface area contributed by atoms with E-state index in [9.17, 15) is 4.79 Å². The third kappa shape index (κ3) is 2.08. The SMILES string of the molecule is CN1C(=O)C2(CCCC3SC(c4cccc(C#N)c4)=CC32)N=C1N. The lowest BCUT2D eigenvalue weighted by Gasteiger charge is -2.37. The fourth-order valence-electron chi connectivity index (χ4n) is 3.98. The van der Waals surface area contributed by atoms with Crippen LogP contribution in [0.5, 0.6) is 0 Å². The average molecular weight is 338 g/mol. The molecule has 3 unspecified atom stereocenters. The number of hydrogen-bond acceptors (Lipinski definition) is 5. The van der Waals surface area contributed by atoms with E-state index in [0.29, 0.717) is 16.8 Å². The number of carbonyl (C=O) groups excluding carboxylic acids is 1. The number of carbonyl (C=O) groups is 1. The summed E-state index contributed by atoms with van der Waals surface area (Å²) in [5, 5.41) is 9.45. The zero-order valence-corrected chi connectivity index (χ0v) is 14.2. The second kappa shape index (κ2) is 5.38. The summed E-state index contributed by atoms with van der Waals surface area (Å²) in [4.78, 5) is 20.1. The van der Waals surface area contributed by atoms with Crippen LogP contribution < -0.4 is 5.73 Å². The van der Waals surface area contributed by atoms with Gasteiger partial charge in [-0.15, -0.1) is 11.8 Å². The van der Waals surface area contributed by atoms with E-state index in [4.69, 9.17) is 11.0 Å². The first-order chi connectivity index (χ1) is 11.5. The van der Waals surface area contributed by atoms with Crippen molar-refractivity contribution < 1.29 is 4.79 Å². The van der Waals surface area contributed by atoms with Crippen LogP contribution in [0.15, 0.2) is 35.3 Å². The molecular formula is C18H18N4OS. The topological polar surface area (TPSA) is 82.5 Å². The Labute approximate surface area is 145 Å². The number of likely N-dealkylation sites (N-methyl/N-ethyl adjacent to an activating group) is 1. The molecule has 1 aromatic carbocycles. The predicted octanol–water partition coefficient (Wildman–Crippen LogP) is 2.34. The second-order valence-electron chi connectivity index (χ2n) is 6.56. The molecule has 0 saturated heterocycles. The maximum Gasteiger partial charge on any atom is 0.257 e. The average Bonchev–Trinajstić information content (AvgIpc) is 3.13. The van der Waals surface area contributed by atoms with Gasteiger partial charge < -0.3 is 5.73 Å². The summed E-state index contributed by atoms with van der Waals surface area (Å²) in [5.41, 5.74) is 6.89. The first kappa shape index (κ1) is 15.3. The highest BCUT2D eigenvalue weighted by atomic mass is 32.2. The highest BCUT2D eigenvalue weighted by Gasteiger charge is 2.56. The van der Waals surface area contributed by atoms with E-state index in [-0.39, 0.29) is 11.8 Å². The lowest BCUT2D eigenvalue weighted by Crippen LogP contribution is -2.50. The number of fused-ring (bicyclic) bond motifs is 2. The minimum Gasteiger partial charge on any atom is -0.369 e. The number of guanidine groups is 1. The molecule has 2 aliphatic heterocycles. The number of rotatable bonds is 1. The Morgan fingerprint density at radius 3 is 3.04 bits per heavy atom. The van der Waals surface area contributed by atoms with Crippen molar-refractivity contribution in [2.75, 3.05) is 7.05 Å². The van der Waals surface area contributed by atoms with Gasteiger partial charge in [0.05, 0.1) is 11.6 Å². The summed E-state index contributed by atoms with van der Waals surface area (Å²) in [6.07, 6.45) is 4.98. The number of thioether (sulfide) groups is 1. The third-order valence-corrected chi connectivity index (χ3v) is 6.67. The van der Waals surface area contributed by atoms with Crippen LogP contribution in [0.4, 0.5) is 0 Å². The third-order valence-electron chi connectivity index (χ3n) is 5.22. The summed E-state index contributed by atoms with van der Waals surface area (Å²) in [6.45, 7) is 0. The van der Waals surface area contributed by atoms with Gasteiger partial charge in [0.1, 0.15) is 0 Å². The number of benzene rings is 1. The number of nitrogens with zero attached hydrogens (tertiary/aromatic N) is 3. The smallest absolute Gasteiger partial charge is 0.257 e. The molecule has 1 aromatic rings. The lowest BCUT2D eigenvalue weighted by atomic mass is 9.72. The molecule has 6 heteroatoms. The Kier molecular flexibility index (Phi) is 3.43. The molecule has 1 aliphatic carbocycles. The molecule has 2 N–H and O–H groups in total. The monoisotopic (exact) mass is 338 g/mol. The largest absolute Gasteiger partial charge is 0.369 e. The second-order valence-corrected chi connectivity index (χ2v) is 7.84. The molecule has 1 amide bonds. The van der Waals surface area contributed by atoms with Gasteiger partial charge in [-0.25, -0.2) is 4.99 Å². The molecule has 1 fully saturated rings. The van der Waals surface area contributed by atoms with Gasteiger partial charge in [0.2, 0.25) is 0 Å². The van der Waals surface area contributed by atoms with Gasteiger partial charge in [-0.1, -0.05) is 18.2 Å². The number of nitriles is 1. The van der Waals surface area contributed by atoms with Crippen molar-refractivity contribution in [3.8, 4) is 6.07 Å². The highest BCUT2D eigenvalue weighted by molar-refractivity contribution is 8.09. The number of nitrogens with two attached hydrogens (primary N) is 1. The summed E-state index contributed by atoms with van der Waals surface area (Å²) < 4.78 is 0. The lowest BCUT2D eigenvalue weighted by molar-refractivity contribution is -0.132. The van der Waals surface area contributed by atoms with E-state index >= 15 is 0 Å². The van der Waals surface area contributed by atoms with Gasteiger partial charge in [0.15, 0.2) is 11.5 Å². The van der Waals surface area contributed by atoms with E-state index in [1.807, 2.05) is 18.2 Å². The van der Waals surface area contributed by atoms with Gasteiger partial charge in [0.25, 0.3) is 5.91 Å². The van der Waals surface area contributed by atoms with Gasteiger partial charge in [-0.05, 0) is 37.0 Å². The highest BCUT2D eigenvalue weighted by Crippen LogP contribution is 2.54. The van der Waals surface area contributed by atoms with Crippen LogP contribution in [-0.2, 0) is 4.79 Å². The Hall–Kier alpha value is -2.26. The fourth-order valence-corrected chi connectivity index (χ4v) is 5.53. The van der Waals surface area contributed by atoms with Crippen molar-refractivity contribution in [1.29, 1.82) is 5.26 Å². The maximum absolute atomic E-state index is 12.8. The molecule has 122 valence electrons. The van der Waals surface area contributed by atoms with Crippen LogP contribution in [0.25, 0.3) is 4.91 Å². The van der Waals surface area contributed by atoms with Crippen LogP contribution >= 0.6 is 11.8 Å². The quantitative estimate of drug-likeness (QED) is 0.852. The molecule has 0 aromatic heterocycles. The van der Waals surface area contributed by atoms with Crippen LogP contribution in [-0.4, -0.2) is 34.6 Å². The Bertz CT molecular complexity index is 825. The molecular weight excluding hydrogens is 320 g/mol. The minimum absolute atomic E-state index is 0.0126. The first-order valence-corrected chi connectivity index (χ1v) is 8.95. The predicted molar refractivity (Wildman–Crippen MR) is 95.0 cm³/mol. The van der Waals surface area contributed by atoms with Crippen molar-refractivity contribution in [3.05, 3.63) is 41.5 Å². The van der Waals surface area contributed by atoms with Crippen molar-refractivity contribution in [2.24, 2.45) is 16.6 Å². The first-order valence-electron chi connectivity index (χ1n) is 8.08. The zero-order chi connectivity index (χ0) is 16.9. The zero-order valence-electron chi connectivity index (χ0n) is 13.4. The Balaban J connectivity index is 1.74. The summed E-state index contributed by atoms with van der Waals surface area (Å²) in [7, 11) is 1.70. The molecule has 1 saturated carbocycles. The molecule has 3 aliphatic rings. The van der Waals surface area contributed by atoms with E-state index < -0.39 is 5.54 Å². The number of aliphatic imine (C=N–C) groups is 1. The molecule has 5 nitrogen and oxygen atoms in total. The Morgan fingerprint density at radius 2 is 2.33 bits per heavy atom. The molecule has 3 atom stereocenters. The van der Waals surface area contributed by atoms with E-state index in [0.717, 1.165) is 29.7 Å². The molecule has 24 heavy (non-hydrogen) atoms. The fraction of sp³-hybridized carbons (Fsp3) is 0.389. The molecule has 2 heterocycles. The van der Waals surface area contributed by atoms with Crippen molar-refractivity contribution in [3.63, 3.8) is 0 Å². The van der Waals surface area contributed by atoms with E-state index in [1.165, 1.54) is 4.90 Å². The van der Waals surface area contributed by atoms with Gasteiger partial charge in [0, 0.05) is 23.1 Å². The van der Waals surface area contributed by atoms with Crippen LogP contribution in [0, 0.1) is 17.2 Å². The van der Waals surface area contributed by atoms with Gasteiger partial charge in [-0.3, -0.25) is 9.69 Å². The minimum atomic E-state index is -0.733. The van der Waals surface area contributed by atoms with Crippen LogP contribution in [0.2, 0.25) is 0 Å². The van der Waals surface area contributed by atoms with E-state index in [2.05, 4.69) is 17.1 Å². The molecule has 0 bridgehead atoms. The maximum atomic E-state index is 12.8. The van der Waals surface area contributed by atoms with Crippen molar-refractivity contribution in [1.82, 2.24) is 4.90 Å². The van der Waals surface area contributed by atoms with Gasteiger partial charge >= 0.3 is 0 Å². The van der Waals surface area contributed by atoms with Crippen LogP contribution in [0.3, 0.4) is 0 Å². The standard InChI is InChI=1S/C18H18N4OS/c1-22-16(23)18(21-17(22)20)7-3-6-14-13(18)9-15(24-14)12-5-2-4-11(8-12)10-19/h2,4-5,8-9,13-14H,3,6-7H2,1H3,(H2,20,21). The summed E-state index contributed by atoms with van der Waals surface area (Å²) in [5.74, 6) is 0.394. The number of amides is 1. The van der Waals surface area contributed by atoms with Crippen molar-refractivity contribution in [2.45, 2.75) is 30.1 Å². The van der Waals surface area contributed by atoms with Gasteiger partial charge in [-0.2, -0.15) is 5.26 Å².